The fraction of sp³-hybridized carbons (Fsp3) is 0.115. The number of rotatable bonds is 7. The molecule has 0 radical (unpaired) electrons. The van der Waals surface area contributed by atoms with Crippen molar-refractivity contribution in [3.05, 3.63) is 87.0 Å². The lowest BCUT2D eigenvalue weighted by molar-refractivity contribution is -0.122. The third kappa shape index (κ3) is 5.67. The van der Waals surface area contributed by atoms with Gasteiger partial charge in [0.25, 0.3) is 11.8 Å². The van der Waals surface area contributed by atoms with E-state index in [1.54, 1.807) is 55.5 Å². The van der Waals surface area contributed by atoms with Gasteiger partial charge in [-0.2, -0.15) is 8.42 Å². The van der Waals surface area contributed by atoms with Crippen molar-refractivity contribution in [1.29, 1.82) is 0 Å². The second-order valence-corrected chi connectivity index (χ2v) is 10.6. The van der Waals surface area contributed by atoms with Crippen LogP contribution in [0.1, 0.15) is 18.1 Å². The average Bonchev–Trinajstić information content (AvgIpc) is 2.85. The topological polar surface area (TPSA) is 119 Å². The number of aryl methyl sites for hydroxylation is 1. The van der Waals surface area contributed by atoms with Crippen molar-refractivity contribution in [2.45, 2.75) is 18.7 Å². The molecule has 3 aromatic rings. The van der Waals surface area contributed by atoms with Gasteiger partial charge in [-0.3, -0.25) is 14.9 Å². The molecule has 0 bridgehead atoms. The molecular weight excluding hydrogens is 611 g/mol. The maximum absolute atomic E-state index is 13.1. The molecule has 190 valence electrons. The van der Waals surface area contributed by atoms with Gasteiger partial charge in [0.15, 0.2) is 11.5 Å². The van der Waals surface area contributed by atoms with Gasteiger partial charge in [0.05, 0.1) is 15.9 Å². The molecule has 0 saturated carbocycles. The van der Waals surface area contributed by atoms with Crippen LogP contribution in [-0.4, -0.2) is 32.9 Å². The summed E-state index contributed by atoms with van der Waals surface area (Å²) >= 11 is 1.89. The van der Waals surface area contributed by atoms with E-state index in [9.17, 15) is 22.8 Å². The number of barbiturate groups is 1. The van der Waals surface area contributed by atoms with Gasteiger partial charge in [0.1, 0.15) is 10.5 Å². The second kappa shape index (κ2) is 10.7. The minimum absolute atomic E-state index is 0.0160. The van der Waals surface area contributed by atoms with Crippen molar-refractivity contribution >= 4 is 62.3 Å². The first-order valence-electron chi connectivity index (χ1n) is 11.0. The van der Waals surface area contributed by atoms with Gasteiger partial charge >= 0.3 is 16.1 Å². The lowest BCUT2D eigenvalue weighted by Gasteiger charge is -2.26. The highest BCUT2D eigenvalue weighted by Gasteiger charge is 2.36. The highest BCUT2D eigenvalue weighted by molar-refractivity contribution is 14.1. The number of nitrogens with one attached hydrogen (secondary N) is 1. The Hall–Kier alpha value is -3.71. The van der Waals surface area contributed by atoms with Crippen LogP contribution in [0.3, 0.4) is 0 Å². The van der Waals surface area contributed by atoms with E-state index in [4.69, 9.17) is 8.92 Å². The number of urea groups is 1. The van der Waals surface area contributed by atoms with Crippen molar-refractivity contribution in [3.8, 4) is 11.5 Å². The van der Waals surface area contributed by atoms with Crippen LogP contribution in [0.25, 0.3) is 6.08 Å². The van der Waals surface area contributed by atoms with Crippen LogP contribution in [-0.2, 0) is 19.7 Å². The molecule has 1 heterocycles. The summed E-state index contributed by atoms with van der Waals surface area (Å²) in [5.41, 5.74) is 1.30. The van der Waals surface area contributed by atoms with E-state index in [0.717, 1.165) is 10.5 Å². The summed E-state index contributed by atoms with van der Waals surface area (Å²) in [5.74, 6) is -1.56. The monoisotopic (exact) mass is 632 g/mol. The molecule has 0 unspecified atom stereocenters. The summed E-state index contributed by atoms with van der Waals surface area (Å²) in [7, 11) is -4.16. The first kappa shape index (κ1) is 26.4. The van der Waals surface area contributed by atoms with E-state index in [0.29, 0.717) is 14.8 Å². The molecule has 0 spiro atoms. The molecule has 37 heavy (non-hydrogen) atoms. The summed E-state index contributed by atoms with van der Waals surface area (Å²) < 4.78 is 37.2. The average molecular weight is 632 g/mol. The summed E-state index contributed by atoms with van der Waals surface area (Å²) in [6.45, 7) is 3.76. The Labute approximate surface area is 227 Å². The standard InChI is InChI=1S/C26H21IN2O7S/c1-3-35-22-15-17(14-21(27)23(22)36-37(33,34)19-11-9-16(2)10-12-19)13-20-24(30)28-26(32)29(25(20)31)18-7-5-4-6-8-18/h4-15H,3H2,1-2H3,(H,28,30,32)/b20-13+. The first-order valence-corrected chi connectivity index (χ1v) is 13.5. The molecule has 1 aliphatic heterocycles. The Morgan fingerprint density at radius 2 is 1.68 bits per heavy atom. The molecule has 0 atom stereocenters. The molecule has 0 aliphatic carbocycles. The largest absolute Gasteiger partial charge is 0.490 e. The van der Waals surface area contributed by atoms with Gasteiger partial charge in [-0.1, -0.05) is 35.9 Å². The van der Waals surface area contributed by atoms with Crippen molar-refractivity contribution in [2.75, 3.05) is 11.5 Å². The number of benzene rings is 3. The van der Waals surface area contributed by atoms with Crippen LogP contribution >= 0.6 is 22.6 Å². The Balaban J connectivity index is 1.72. The van der Waals surface area contributed by atoms with E-state index in [2.05, 4.69) is 5.32 Å². The zero-order chi connectivity index (χ0) is 26.7. The normalized spacial score (nSPS) is 15.1. The Kier molecular flexibility index (Phi) is 7.64. The molecule has 1 fully saturated rings. The van der Waals surface area contributed by atoms with Crippen molar-refractivity contribution in [2.24, 2.45) is 0 Å². The molecule has 1 saturated heterocycles. The number of hydrogen-bond donors (Lipinski definition) is 1. The Morgan fingerprint density at radius 3 is 2.32 bits per heavy atom. The number of imide groups is 2. The summed E-state index contributed by atoms with van der Waals surface area (Å²) in [4.78, 5) is 38.9. The summed E-state index contributed by atoms with van der Waals surface area (Å²) in [6.07, 6.45) is 1.31. The number of carbonyl (C=O) groups is 3. The van der Waals surface area contributed by atoms with Crippen molar-refractivity contribution in [1.82, 2.24) is 5.32 Å². The number of para-hydroxylation sites is 1. The smallest absolute Gasteiger partial charge is 0.339 e. The molecule has 0 aromatic heterocycles. The van der Waals surface area contributed by atoms with Crippen LogP contribution in [0.2, 0.25) is 0 Å². The van der Waals surface area contributed by atoms with Crippen LogP contribution in [0.4, 0.5) is 10.5 Å². The number of amides is 4. The lowest BCUT2D eigenvalue weighted by Crippen LogP contribution is -2.54. The minimum Gasteiger partial charge on any atom is -0.490 e. The molecule has 1 N–H and O–H groups in total. The third-order valence-electron chi connectivity index (χ3n) is 5.26. The molecule has 1 aliphatic rings. The molecule has 11 heteroatoms. The Morgan fingerprint density at radius 1 is 1.00 bits per heavy atom. The number of anilines is 1. The predicted molar refractivity (Wildman–Crippen MR) is 145 cm³/mol. The lowest BCUT2D eigenvalue weighted by atomic mass is 10.1. The molecule has 4 amide bonds. The minimum atomic E-state index is -4.16. The van der Waals surface area contributed by atoms with Crippen LogP contribution in [0.15, 0.2) is 77.2 Å². The zero-order valence-corrected chi connectivity index (χ0v) is 22.7. The van der Waals surface area contributed by atoms with Gasteiger partial charge in [0, 0.05) is 0 Å². The fourth-order valence-electron chi connectivity index (χ4n) is 3.51. The number of nitrogens with zero attached hydrogens (tertiary/aromatic N) is 1. The van der Waals surface area contributed by atoms with Gasteiger partial charge in [0.2, 0.25) is 0 Å². The van der Waals surface area contributed by atoms with Gasteiger partial charge in [-0.25, -0.2) is 9.69 Å². The summed E-state index contributed by atoms with van der Waals surface area (Å²) in [5, 5.41) is 2.17. The third-order valence-corrected chi connectivity index (χ3v) is 7.30. The van der Waals surface area contributed by atoms with Crippen LogP contribution in [0.5, 0.6) is 11.5 Å². The first-order chi connectivity index (χ1) is 17.6. The number of hydrogen-bond acceptors (Lipinski definition) is 7. The maximum atomic E-state index is 13.1. The highest BCUT2D eigenvalue weighted by Crippen LogP contribution is 2.37. The van der Waals surface area contributed by atoms with Crippen LogP contribution in [0, 0.1) is 10.5 Å². The van der Waals surface area contributed by atoms with Crippen molar-refractivity contribution in [3.63, 3.8) is 0 Å². The van der Waals surface area contributed by atoms with Gasteiger partial charge in [-0.05, 0) is 84.5 Å². The van der Waals surface area contributed by atoms with E-state index >= 15 is 0 Å². The van der Waals surface area contributed by atoms with Gasteiger partial charge < -0.3 is 8.92 Å². The predicted octanol–water partition coefficient (Wildman–Crippen LogP) is 4.43. The van der Waals surface area contributed by atoms with E-state index in [1.807, 2.05) is 29.5 Å². The fourth-order valence-corrected chi connectivity index (χ4v) is 5.36. The van der Waals surface area contributed by atoms with Crippen LogP contribution < -0.4 is 19.1 Å². The molecule has 3 aromatic carbocycles. The van der Waals surface area contributed by atoms with E-state index < -0.39 is 28.0 Å². The number of carbonyl (C=O) groups excluding carboxylic acids is 3. The Bertz CT molecular complexity index is 1520. The number of halogens is 1. The highest BCUT2D eigenvalue weighted by atomic mass is 127. The van der Waals surface area contributed by atoms with E-state index in [1.165, 1.54) is 24.3 Å². The van der Waals surface area contributed by atoms with Gasteiger partial charge in [-0.15, -0.1) is 0 Å². The summed E-state index contributed by atoms with van der Waals surface area (Å²) in [6, 6.07) is 16.6. The second-order valence-electron chi connectivity index (χ2n) is 7.91. The maximum Gasteiger partial charge on any atom is 0.339 e. The SMILES string of the molecule is CCOc1cc(/C=C2\C(=O)NC(=O)N(c3ccccc3)C2=O)cc(I)c1OS(=O)(=O)c1ccc(C)cc1. The molecule has 9 nitrogen and oxygen atoms in total. The van der Waals surface area contributed by atoms with Crippen molar-refractivity contribution < 1.29 is 31.7 Å². The van der Waals surface area contributed by atoms with E-state index in [-0.39, 0.29) is 28.6 Å². The molecular formula is C26H21IN2O7S. The molecule has 4 rings (SSSR count). The number of ether oxygens (including phenoxy) is 1. The quantitative estimate of drug-likeness (QED) is 0.177. The zero-order valence-electron chi connectivity index (χ0n) is 19.7.